The van der Waals surface area contributed by atoms with Crippen LogP contribution in [-0.4, -0.2) is 24.3 Å². The molecule has 0 radical (unpaired) electrons. The number of H-pyrrole nitrogens is 1. The fraction of sp³-hybridized carbons (Fsp3) is 0.400. The van der Waals surface area contributed by atoms with Crippen LogP contribution >= 0.6 is 0 Å². The number of hydrogen-bond donors (Lipinski definition) is 1. The molecule has 0 amide bonds. The molecular formula is C15H18N2O3. The molecule has 1 aromatic rings. The van der Waals surface area contributed by atoms with E-state index in [1.54, 1.807) is 26.0 Å². The van der Waals surface area contributed by atoms with Gasteiger partial charge in [-0.2, -0.15) is 0 Å². The Kier molecular flexibility index (Phi) is 4.17. The van der Waals surface area contributed by atoms with Gasteiger partial charge >= 0.3 is 5.97 Å². The fourth-order valence-corrected chi connectivity index (χ4v) is 2.01. The standard InChI is InChI=1S/C15H18N2O3/c1-4-20-15(19)9(2)7-13-12(16-3)8-11(10-5-6-10)14(18)17-13/h7-8,10H,3-6H2,1-2H3,(H,17,18)/b9-7+. The quantitative estimate of drug-likeness (QED) is 0.509. The van der Waals surface area contributed by atoms with Crippen molar-refractivity contribution in [3.05, 3.63) is 33.3 Å². The van der Waals surface area contributed by atoms with E-state index in [1.165, 1.54) is 0 Å². The number of aromatic nitrogens is 1. The van der Waals surface area contributed by atoms with Crippen molar-refractivity contribution in [2.45, 2.75) is 32.6 Å². The van der Waals surface area contributed by atoms with Crippen molar-refractivity contribution in [1.29, 1.82) is 0 Å². The third-order valence-corrected chi connectivity index (χ3v) is 3.22. The molecule has 0 spiro atoms. The Morgan fingerprint density at radius 2 is 2.30 bits per heavy atom. The highest BCUT2D eigenvalue weighted by atomic mass is 16.5. The van der Waals surface area contributed by atoms with Gasteiger partial charge in [0.2, 0.25) is 0 Å². The molecule has 0 atom stereocenters. The second-order valence-corrected chi connectivity index (χ2v) is 4.83. The first kappa shape index (κ1) is 14.2. The highest BCUT2D eigenvalue weighted by Gasteiger charge is 2.27. The van der Waals surface area contributed by atoms with Crippen LogP contribution in [0.3, 0.4) is 0 Å². The molecule has 0 aromatic carbocycles. The zero-order chi connectivity index (χ0) is 14.7. The molecule has 1 fully saturated rings. The van der Waals surface area contributed by atoms with Gasteiger partial charge in [-0.1, -0.05) is 0 Å². The molecule has 1 aromatic heterocycles. The number of rotatable bonds is 5. The molecule has 5 heteroatoms. The average Bonchev–Trinajstić information content (AvgIpc) is 3.23. The molecule has 106 valence electrons. The zero-order valence-electron chi connectivity index (χ0n) is 11.7. The first-order valence-electron chi connectivity index (χ1n) is 6.66. The number of esters is 1. The van der Waals surface area contributed by atoms with Crippen molar-refractivity contribution in [3.8, 4) is 0 Å². The number of aliphatic imine (C=N–C) groups is 1. The van der Waals surface area contributed by atoms with Gasteiger partial charge < -0.3 is 9.72 Å². The average molecular weight is 274 g/mol. The highest BCUT2D eigenvalue weighted by Crippen LogP contribution is 2.39. The predicted octanol–water partition coefficient (Wildman–Crippen LogP) is 2.55. The van der Waals surface area contributed by atoms with Gasteiger partial charge in [0.25, 0.3) is 5.56 Å². The molecule has 5 nitrogen and oxygen atoms in total. The summed E-state index contributed by atoms with van der Waals surface area (Å²) in [6.45, 7) is 7.21. The maximum Gasteiger partial charge on any atom is 0.333 e. The Hall–Kier alpha value is -2.17. The Bertz CT molecular complexity index is 624. The molecular weight excluding hydrogens is 256 g/mol. The van der Waals surface area contributed by atoms with E-state index < -0.39 is 5.97 Å². The second kappa shape index (κ2) is 5.86. The minimum Gasteiger partial charge on any atom is -0.463 e. The molecule has 0 saturated heterocycles. The summed E-state index contributed by atoms with van der Waals surface area (Å²) in [4.78, 5) is 30.3. The van der Waals surface area contributed by atoms with Gasteiger partial charge in [0.15, 0.2) is 0 Å². The van der Waals surface area contributed by atoms with Crippen molar-refractivity contribution in [3.63, 3.8) is 0 Å². The van der Waals surface area contributed by atoms with Crippen LogP contribution in [0.5, 0.6) is 0 Å². The predicted molar refractivity (Wildman–Crippen MR) is 78.5 cm³/mol. The number of pyridine rings is 1. The molecule has 1 heterocycles. The minimum atomic E-state index is -0.408. The van der Waals surface area contributed by atoms with E-state index in [2.05, 4.69) is 16.7 Å². The van der Waals surface area contributed by atoms with E-state index in [0.717, 1.165) is 18.4 Å². The topological polar surface area (TPSA) is 71.5 Å². The maximum absolute atomic E-state index is 12.0. The lowest BCUT2D eigenvalue weighted by atomic mass is 10.1. The number of carbonyl (C=O) groups excluding carboxylic acids is 1. The normalized spacial score (nSPS) is 15.0. The number of ether oxygens (including phenoxy) is 1. The van der Waals surface area contributed by atoms with Crippen LogP contribution in [0.2, 0.25) is 0 Å². The van der Waals surface area contributed by atoms with Crippen molar-refractivity contribution < 1.29 is 9.53 Å². The minimum absolute atomic E-state index is 0.122. The summed E-state index contributed by atoms with van der Waals surface area (Å²) in [7, 11) is 0. The van der Waals surface area contributed by atoms with Gasteiger partial charge in [-0.25, -0.2) is 4.79 Å². The van der Waals surface area contributed by atoms with Crippen LogP contribution in [0, 0.1) is 0 Å². The molecule has 1 saturated carbocycles. The lowest BCUT2D eigenvalue weighted by Gasteiger charge is -2.06. The summed E-state index contributed by atoms with van der Waals surface area (Å²) in [6, 6.07) is 1.76. The molecule has 1 aliphatic carbocycles. The van der Waals surface area contributed by atoms with E-state index in [4.69, 9.17) is 4.74 Å². The molecule has 20 heavy (non-hydrogen) atoms. The monoisotopic (exact) mass is 274 g/mol. The molecule has 0 unspecified atom stereocenters. The van der Waals surface area contributed by atoms with Gasteiger partial charge in [-0.3, -0.25) is 9.79 Å². The molecule has 0 bridgehead atoms. The van der Waals surface area contributed by atoms with Crippen LogP contribution in [-0.2, 0) is 9.53 Å². The molecule has 2 rings (SSSR count). The van der Waals surface area contributed by atoms with E-state index in [9.17, 15) is 9.59 Å². The third-order valence-electron chi connectivity index (χ3n) is 3.22. The van der Waals surface area contributed by atoms with E-state index in [-0.39, 0.29) is 5.56 Å². The van der Waals surface area contributed by atoms with Crippen LogP contribution in [0.15, 0.2) is 21.4 Å². The Morgan fingerprint density at radius 1 is 1.60 bits per heavy atom. The van der Waals surface area contributed by atoms with Crippen molar-refractivity contribution in [2.75, 3.05) is 6.61 Å². The summed E-state index contributed by atoms with van der Waals surface area (Å²) in [5.74, 6) is -0.0712. The van der Waals surface area contributed by atoms with Gasteiger partial charge in [-0.15, -0.1) is 0 Å². The highest BCUT2D eigenvalue weighted by molar-refractivity contribution is 5.93. The SMILES string of the molecule is C=Nc1cc(C2CC2)c(=O)[nH]c1/C=C(\C)C(=O)OCC. The van der Waals surface area contributed by atoms with Crippen molar-refractivity contribution >= 4 is 24.5 Å². The fourth-order valence-electron chi connectivity index (χ4n) is 2.01. The first-order chi connectivity index (χ1) is 9.56. The number of nitrogens with zero attached hydrogens (tertiary/aromatic N) is 1. The summed E-state index contributed by atoms with van der Waals surface area (Å²) >= 11 is 0. The van der Waals surface area contributed by atoms with Crippen LogP contribution in [0.25, 0.3) is 6.08 Å². The van der Waals surface area contributed by atoms with E-state index >= 15 is 0 Å². The van der Waals surface area contributed by atoms with Crippen LogP contribution in [0.1, 0.15) is 43.9 Å². The molecule has 1 N–H and O–H groups in total. The second-order valence-electron chi connectivity index (χ2n) is 4.83. The van der Waals surface area contributed by atoms with Gasteiger partial charge in [0, 0.05) is 11.1 Å². The lowest BCUT2D eigenvalue weighted by molar-refractivity contribution is -0.138. The van der Waals surface area contributed by atoms with Gasteiger partial charge in [-0.05, 0) is 51.5 Å². The number of aromatic amines is 1. The molecule has 1 aliphatic rings. The first-order valence-corrected chi connectivity index (χ1v) is 6.66. The van der Waals surface area contributed by atoms with Crippen LogP contribution < -0.4 is 5.56 Å². The maximum atomic E-state index is 12.0. The zero-order valence-corrected chi connectivity index (χ0v) is 11.7. The van der Waals surface area contributed by atoms with Gasteiger partial charge in [0.05, 0.1) is 18.0 Å². The Balaban J connectivity index is 2.38. The number of carbonyl (C=O) groups is 1. The largest absolute Gasteiger partial charge is 0.463 e. The van der Waals surface area contributed by atoms with Crippen LogP contribution in [0.4, 0.5) is 5.69 Å². The van der Waals surface area contributed by atoms with Crippen molar-refractivity contribution in [2.24, 2.45) is 4.99 Å². The Morgan fingerprint density at radius 3 is 2.85 bits per heavy atom. The smallest absolute Gasteiger partial charge is 0.333 e. The Labute approximate surface area is 117 Å². The summed E-state index contributed by atoms with van der Waals surface area (Å²) < 4.78 is 4.91. The summed E-state index contributed by atoms with van der Waals surface area (Å²) in [6.07, 6.45) is 3.65. The van der Waals surface area contributed by atoms with E-state index in [1.807, 2.05) is 0 Å². The van der Waals surface area contributed by atoms with Gasteiger partial charge in [0.1, 0.15) is 0 Å². The van der Waals surface area contributed by atoms with E-state index in [0.29, 0.717) is 29.5 Å². The number of hydrogen-bond acceptors (Lipinski definition) is 4. The third kappa shape index (κ3) is 3.04. The lowest BCUT2D eigenvalue weighted by Crippen LogP contribution is -2.13. The summed E-state index contributed by atoms with van der Waals surface area (Å²) in [5.41, 5.74) is 2.10. The number of nitrogens with one attached hydrogen (secondary N) is 1. The van der Waals surface area contributed by atoms with Crippen molar-refractivity contribution in [1.82, 2.24) is 4.98 Å². The molecule has 0 aliphatic heterocycles. The summed E-state index contributed by atoms with van der Waals surface area (Å²) in [5, 5.41) is 0.